The van der Waals surface area contributed by atoms with E-state index in [-0.39, 0.29) is 5.92 Å². The molecule has 2 aliphatic heterocycles. The van der Waals surface area contributed by atoms with Crippen molar-refractivity contribution in [1.82, 2.24) is 9.62 Å². The minimum Gasteiger partial charge on any atom is -0.481 e. The summed E-state index contributed by atoms with van der Waals surface area (Å²) in [6, 6.07) is 0. The predicted octanol–water partition coefficient (Wildman–Crippen LogP) is 0.112. The fourth-order valence-electron chi connectivity index (χ4n) is 3.24. The lowest BCUT2D eigenvalue weighted by Crippen LogP contribution is -2.43. The molecule has 0 bridgehead atoms. The largest absolute Gasteiger partial charge is 0.481 e. The van der Waals surface area contributed by atoms with Gasteiger partial charge in [0.1, 0.15) is 0 Å². The molecule has 0 amide bonds. The van der Waals surface area contributed by atoms with E-state index in [1.54, 1.807) is 0 Å². The van der Waals surface area contributed by atoms with Gasteiger partial charge >= 0.3 is 5.97 Å². The van der Waals surface area contributed by atoms with Crippen molar-refractivity contribution in [2.24, 2.45) is 11.3 Å². The van der Waals surface area contributed by atoms with Gasteiger partial charge in [0.05, 0.1) is 11.7 Å². The van der Waals surface area contributed by atoms with Crippen LogP contribution in [0, 0.1) is 11.3 Å². The van der Waals surface area contributed by atoms with Crippen LogP contribution in [0.25, 0.3) is 0 Å². The van der Waals surface area contributed by atoms with E-state index in [0.717, 1.165) is 19.4 Å². The van der Waals surface area contributed by atoms with E-state index in [0.29, 0.717) is 32.5 Å². The molecular weight excluding hydrogens is 268 g/mol. The number of sulfonamides is 1. The molecule has 2 atom stereocenters. The van der Waals surface area contributed by atoms with Gasteiger partial charge in [-0.2, -0.15) is 0 Å². The second-order valence-electron chi connectivity index (χ2n) is 5.85. The molecule has 2 saturated heterocycles. The zero-order valence-corrected chi connectivity index (χ0v) is 12.1. The van der Waals surface area contributed by atoms with Crippen LogP contribution in [-0.2, 0) is 14.8 Å². The Morgan fingerprint density at radius 1 is 1.53 bits per heavy atom. The Bertz CT molecular complexity index is 443. The molecular formula is C12H22N2O4S. The van der Waals surface area contributed by atoms with Crippen molar-refractivity contribution in [3.05, 3.63) is 0 Å². The lowest BCUT2D eigenvalue weighted by molar-refractivity contribution is -0.149. The number of hydrogen-bond acceptors (Lipinski definition) is 4. The summed E-state index contributed by atoms with van der Waals surface area (Å²) in [6.45, 7) is 2.26. The van der Waals surface area contributed by atoms with E-state index in [1.165, 1.54) is 10.6 Å². The molecule has 0 aromatic rings. The Balaban J connectivity index is 2.04. The van der Waals surface area contributed by atoms with Crippen molar-refractivity contribution in [3.8, 4) is 0 Å². The van der Waals surface area contributed by atoms with Crippen molar-refractivity contribution < 1.29 is 18.3 Å². The van der Waals surface area contributed by atoms with Crippen molar-refractivity contribution >= 4 is 16.0 Å². The van der Waals surface area contributed by atoms with Gasteiger partial charge in [-0.25, -0.2) is 12.7 Å². The van der Waals surface area contributed by atoms with Gasteiger partial charge in [0.15, 0.2) is 0 Å². The molecule has 0 spiro atoms. The van der Waals surface area contributed by atoms with Gasteiger partial charge in [-0.15, -0.1) is 0 Å². The number of nitrogens with zero attached hydrogens (tertiary/aromatic N) is 1. The van der Waals surface area contributed by atoms with Gasteiger partial charge in [-0.05, 0) is 38.1 Å². The lowest BCUT2D eigenvalue weighted by atomic mass is 9.76. The summed E-state index contributed by atoms with van der Waals surface area (Å²) in [6.07, 6.45) is 4.17. The Kier molecular flexibility index (Phi) is 4.17. The number of carboxylic acid groups (broad SMARTS) is 1. The van der Waals surface area contributed by atoms with Gasteiger partial charge in [-0.1, -0.05) is 0 Å². The number of carboxylic acids is 1. The van der Waals surface area contributed by atoms with Gasteiger partial charge < -0.3 is 10.4 Å². The number of hydrogen-bond donors (Lipinski definition) is 2. The Hall–Kier alpha value is -0.660. The average molecular weight is 290 g/mol. The molecule has 19 heavy (non-hydrogen) atoms. The van der Waals surface area contributed by atoms with Crippen LogP contribution >= 0.6 is 0 Å². The Morgan fingerprint density at radius 2 is 2.26 bits per heavy atom. The number of piperidine rings is 1. The van der Waals surface area contributed by atoms with Crippen LogP contribution in [0.5, 0.6) is 0 Å². The summed E-state index contributed by atoms with van der Waals surface area (Å²) in [4.78, 5) is 11.5. The summed E-state index contributed by atoms with van der Waals surface area (Å²) >= 11 is 0. The summed E-state index contributed by atoms with van der Waals surface area (Å²) in [5.41, 5.74) is -0.703. The summed E-state index contributed by atoms with van der Waals surface area (Å²) < 4.78 is 24.6. The molecule has 7 heteroatoms. The molecule has 2 fully saturated rings. The van der Waals surface area contributed by atoms with E-state index < -0.39 is 21.4 Å². The third kappa shape index (κ3) is 3.27. The molecule has 0 aromatic carbocycles. The molecule has 0 aromatic heterocycles. The molecule has 110 valence electrons. The third-order valence-electron chi connectivity index (χ3n) is 4.33. The standard InChI is InChI=1S/C12H22N2O4S/c1-19(17,18)14-6-2-3-10(8-14)7-12(11(15)16)4-5-13-9-12/h10,13H,2-9H2,1H3,(H,15,16). The average Bonchev–Trinajstić information content (AvgIpc) is 2.78. The van der Waals surface area contributed by atoms with Crippen LogP contribution in [0.2, 0.25) is 0 Å². The van der Waals surface area contributed by atoms with Crippen LogP contribution in [0.4, 0.5) is 0 Å². The minimum absolute atomic E-state index is 0.152. The van der Waals surface area contributed by atoms with Crippen molar-refractivity contribution in [3.63, 3.8) is 0 Å². The first-order chi connectivity index (χ1) is 8.83. The molecule has 2 rings (SSSR count). The highest BCUT2D eigenvalue weighted by Crippen LogP contribution is 2.36. The smallest absolute Gasteiger partial charge is 0.310 e. The van der Waals surface area contributed by atoms with Crippen LogP contribution in [0.15, 0.2) is 0 Å². The molecule has 2 N–H and O–H groups in total. The fourth-order valence-corrected chi connectivity index (χ4v) is 4.18. The normalized spacial score (nSPS) is 33.4. The quantitative estimate of drug-likeness (QED) is 0.767. The highest BCUT2D eigenvalue weighted by Gasteiger charge is 2.44. The molecule has 0 aliphatic carbocycles. The van der Waals surface area contributed by atoms with Crippen LogP contribution in [0.3, 0.4) is 0 Å². The van der Waals surface area contributed by atoms with Crippen LogP contribution in [-0.4, -0.2) is 56.2 Å². The van der Waals surface area contributed by atoms with E-state index in [2.05, 4.69) is 5.32 Å². The lowest BCUT2D eigenvalue weighted by Gasteiger charge is -2.35. The van der Waals surface area contributed by atoms with Gasteiger partial charge in [0.25, 0.3) is 0 Å². The predicted molar refractivity (Wildman–Crippen MR) is 71.3 cm³/mol. The second-order valence-corrected chi connectivity index (χ2v) is 7.83. The number of nitrogens with one attached hydrogen (secondary N) is 1. The highest BCUT2D eigenvalue weighted by atomic mass is 32.2. The van der Waals surface area contributed by atoms with Crippen molar-refractivity contribution in [2.45, 2.75) is 25.7 Å². The first-order valence-corrected chi connectivity index (χ1v) is 8.58. The van der Waals surface area contributed by atoms with Crippen LogP contribution in [0.1, 0.15) is 25.7 Å². The zero-order valence-electron chi connectivity index (χ0n) is 11.3. The van der Waals surface area contributed by atoms with E-state index in [9.17, 15) is 18.3 Å². The monoisotopic (exact) mass is 290 g/mol. The summed E-state index contributed by atoms with van der Waals surface area (Å²) in [7, 11) is -3.16. The van der Waals surface area contributed by atoms with Gasteiger partial charge in [0, 0.05) is 19.6 Å². The van der Waals surface area contributed by atoms with E-state index >= 15 is 0 Å². The topological polar surface area (TPSA) is 86.7 Å². The minimum atomic E-state index is -3.16. The number of carbonyl (C=O) groups is 1. The fraction of sp³-hybridized carbons (Fsp3) is 0.917. The number of rotatable bonds is 4. The first-order valence-electron chi connectivity index (χ1n) is 6.73. The van der Waals surface area contributed by atoms with E-state index in [4.69, 9.17) is 0 Å². The van der Waals surface area contributed by atoms with Crippen molar-refractivity contribution in [1.29, 1.82) is 0 Å². The van der Waals surface area contributed by atoms with Crippen LogP contribution < -0.4 is 5.32 Å². The maximum atomic E-state index is 11.6. The Morgan fingerprint density at radius 3 is 2.79 bits per heavy atom. The Labute approximate surface area is 114 Å². The second kappa shape index (κ2) is 5.38. The zero-order chi connectivity index (χ0) is 14.1. The maximum Gasteiger partial charge on any atom is 0.310 e. The van der Waals surface area contributed by atoms with Crippen molar-refractivity contribution in [2.75, 3.05) is 32.4 Å². The molecule has 2 aliphatic rings. The summed E-state index contributed by atoms with van der Waals surface area (Å²) in [5.74, 6) is -0.603. The molecule has 2 unspecified atom stereocenters. The number of aliphatic carboxylic acids is 1. The maximum absolute atomic E-state index is 11.6. The molecule has 0 radical (unpaired) electrons. The van der Waals surface area contributed by atoms with E-state index in [1.807, 2.05) is 0 Å². The van der Waals surface area contributed by atoms with Gasteiger partial charge in [0.2, 0.25) is 10.0 Å². The molecule has 0 saturated carbocycles. The highest BCUT2D eigenvalue weighted by molar-refractivity contribution is 7.88. The first kappa shape index (κ1) is 14.7. The molecule has 2 heterocycles. The SMILES string of the molecule is CS(=O)(=O)N1CCCC(CC2(C(=O)O)CCNC2)C1. The molecule has 6 nitrogen and oxygen atoms in total. The van der Waals surface area contributed by atoms with Gasteiger partial charge in [-0.3, -0.25) is 4.79 Å². The summed E-state index contributed by atoms with van der Waals surface area (Å²) in [5, 5.41) is 12.6. The third-order valence-corrected chi connectivity index (χ3v) is 5.60.